The van der Waals surface area contributed by atoms with Gasteiger partial charge in [0.2, 0.25) is 0 Å². The van der Waals surface area contributed by atoms with E-state index in [-0.39, 0.29) is 12.4 Å². The Morgan fingerprint density at radius 3 is 2.35 bits per heavy atom. The van der Waals surface area contributed by atoms with Crippen molar-refractivity contribution in [3.8, 4) is 0 Å². The molecule has 0 fully saturated rings. The van der Waals surface area contributed by atoms with E-state index in [2.05, 4.69) is 17.2 Å². The largest absolute Gasteiger partial charge is 0.479 e. The number of rotatable bonds is 5. The Balaban J connectivity index is 3.95. The molecule has 0 aromatic rings. The lowest BCUT2D eigenvalue weighted by molar-refractivity contribution is -0.146. The summed E-state index contributed by atoms with van der Waals surface area (Å²) < 4.78 is 4.93. The van der Waals surface area contributed by atoms with Gasteiger partial charge in [0.25, 0.3) is 0 Å². The number of aliphatic carboxylic acids is 1. The number of carboxylic acids is 1. The molecule has 7 heteroatoms. The van der Waals surface area contributed by atoms with E-state index >= 15 is 0 Å². The molecule has 1 amide bonds. The van der Waals surface area contributed by atoms with Crippen LogP contribution in [0.5, 0.6) is 0 Å². The quantitative estimate of drug-likeness (QED) is 0.544. The van der Waals surface area contributed by atoms with E-state index in [0.29, 0.717) is 0 Å². The van der Waals surface area contributed by atoms with Crippen LogP contribution >= 0.6 is 0 Å². The van der Waals surface area contributed by atoms with Gasteiger partial charge in [-0.1, -0.05) is 6.58 Å². The minimum absolute atomic E-state index is 0.0551. The van der Waals surface area contributed by atoms with Crippen molar-refractivity contribution in [2.75, 3.05) is 6.54 Å². The fourth-order valence-corrected chi connectivity index (χ4v) is 0.778. The molecule has 0 radical (unpaired) electrons. The number of alkyl carbamates (subject to hydrolysis) is 1. The Labute approximate surface area is 99.5 Å². The second kappa shape index (κ2) is 6.09. The highest BCUT2D eigenvalue weighted by Crippen LogP contribution is 2.06. The second-order valence-corrected chi connectivity index (χ2v) is 4.34. The van der Waals surface area contributed by atoms with Crippen molar-refractivity contribution in [2.45, 2.75) is 32.5 Å². The highest BCUT2D eigenvalue weighted by molar-refractivity contribution is 5.72. The number of hydrogen-bond acceptors (Lipinski definition) is 5. The Kier molecular flexibility index (Phi) is 5.46. The summed E-state index contributed by atoms with van der Waals surface area (Å²) in [4.78, 5) is 21.5. The van der Waals surface area contributed by atoms with E-state index in [1.165, 1.54) is 0 Å². The monoisotopic (exact) mass is 246 g/mol. The minimum Gasteiger partial charge on any atom is -0.479 e. The molecule has 0 aliphatic carbocycles. The Morgan fingerprint density at radius 2 is 1.94 bits per heavy atom. The lowest BCUT2D eigenvalue weighted by Crippen LogP contribution is -2.39. The van der Waals surface area contributed by atoms with Gasteiger partial charge in [0.1, 0.15) is 11.4 Å². The van der Waals surface area contributed by atoms with Gasteiger partial charge >= 0.3 is 12.1 Å². The zero-order valence-corrected chi connectivity index (χ0v) is 10.1. The third-order valence-corrected chi connectivity index (χ3v) is 1.45. The molecule has 0 aromatic carbocycles. The van der Waals surface area contributed by atoms with Crippen LogP contribution in [0, 0.1) is 0 Å². The van der Waals surface area contributed by atoms with Gasteiger partial charge in [-0.15, -0.1) is 0 Å². The van der Waals surface area contributed by atoms with Crippen LogP contribution in [0.1, 0.15) is 20.8 Å². The van der Waals surface area contributed by atoms with E-state index in [1.54, 1.807) is 20.8 Å². The maximum absolute atomic E-state index is 11.2. The van der Waals surface area contributed by atoms with Gasteiger partial charge in [0, 0.05) is 0 Å². The highest BCUT2D eigenvalue weighted by atomic mass is 16.6. The van der Waals surface area contributed by atoms with Gasteiger partial charge in [-0.2, -0.15) is 0 Å². The van der Waals surface area contributed by atoms with Crippen molar-refractivity contribution in [2.24, 2.45) is 0 Å². The zero-order chi connectivity index (χ0) is 13.6. The third-order valence-electron chi connectivity index (χ3n) is 1.45. The molecule has 0 aliphatic heterocycles. The maximum atomic E-state index is 11.2. The summed E-state index contributed by atoms with van der Waals surface area (Å²) in [6.45, 7) is 8.28. The standard InChI is InChI=1S/C10H18N2O5/c1-6(11-5-7(13)8(14)15)12-9(16)17-10(2,3)4/h7,11,13H,1,5H2,2-4H3,(H,12,16)(H,14,15). The van der Waals surface area contributed by atoms with Crippen LogP contribution in [-0.4, -0.2) is 40.5 Å². The second-order valence-electron chi connectivity index (χ2n) is 4.34. The Hall–Kier alpha value is -1.76. The molecule has 0 heterocycles. The highest BCUT2D eigenvalue weighted by Gasteiger charge is 2.17. The smallest absolute Gasteiger partial charge is 0.413 e. The van der Waals surface area contributed by atoms with Gasteiger partial charge in [0.15, 0.2) is 6.10 Å². The predicted molar refractivity (Wildman–Crippen MR) is 60.2 cm³/mol. The maximum Gasteiger partial charge on any atom is 0.413 e. The summed E-state index contributed by atoms with van der Waals surface area (Å²) in [5.74, 6) is -1.30. The summed E-state index contributed by atoms with van der Waals surface area (Å²) in [5.41, 5.74) is -0.634. The first-order valence-electron chi connectivity index (χ1n) is 4.95. The third kappa shape index (κ3) is 8.09. The number of carboxylic acid groups (broad SMARTS) is 1. The van der Waals surface area contributed by atoms with E-state index in [4.69, 9.17) is 14.9 Å². The first kappa shape index (κ1) is 15.2. The molecule has 0 aliphatic rings. The van der Waals surface area contributed by atoms with E-state index in [9.17, 15) is 9.59 Å². The van der Waals surface area contributed by atoms with Crippen LogP contribution in [0.4, 0.5) is 4.79 Å². The molecule has 1 atom stereocenters. The van der Waals surface area contributed by atoms with Crippen LogP contribution in [0.3, 0.4) is 0 Å². The molecule has 0 bridgehead atoms. The first-order valence-corrected chi connectivity index (χ1v) is 4.95. The molecule has 0 saturated heterocycles. The number of carbonyl (C=O) groups excluding carboxylic acids is 1. The number of amides is 1. The van der Waals surface area contributed by atoms with Crippen molar-refractivity contribution in [3.63, 3.8) is 0 Å². The van der Waals surface area contributed by atoms with Crippen LogP contribution in [0.15, 0.2) is 12.4 Å². The van der Waals surface area contributed by atoms with Crippen molar-refractivity contribution < 1.29 is 24.5 Å². The lowest BCUT2D eigenvalue weighted by Gasteiger charge is -2.20. The topological polar surface area (TPSA) is 108 Å². The Morgan fingerprint density at radius 1 is 1.41 bits per heavy atom. The van der Waals surface area contributed by atoms with Crippen LogP contribution in [0.2, 0.25) is 0 Å². The fourth-order valence-electron chi connectivity index (χ4n) is 0.778. The van der Waals surface area contributed by atoms with E-state index < -0.39 is 23.8 Å². The molecule has 98 valence electrons. The molecule has 0 rings (SSSR count). The van der Waals surface area contributed by atoms with Gasteiger partial charge < -0.3 is 20.3 Å². The summed E-state index contributed by atoms with van der Waals surface area (Å²) in [6.07, 6.45) is -2.27. The number of nitrogens with one attached hydrogen (secondary N) is 2. The van der Waals surface area contributed by atoms with Crippen molar-refractivity contribution >= 4 is 12.1 Å². The van der Waals surface area contributed by atoms with Gasteiger partial charge in [0.05, 0.1) is 6.54 Å². The average molecular weight is 246 g/mol. The number of aliphatic hydroxyl groups is 1. The molecule has 4 N–H and O–H groups in total. The molecule has 7 nitrogen and oxygen atoms in total. The predicted octanol–water partition coefficient (Wildman–Crippen LogP) is 0.0174. The minimum atomic E-state index is -1.56. The number of carbonyl (C=O) groups is 2. The summed E-state index contributed by atoms with van der Waals surface area (Å²) in [6, 6.07) is 0. The number of aliphatic hydroxyl groups excluding tert-OH is 1. The molecular formula is C10H18N2O5. The van der Waals surface area contributed by atoms with Crippen LogP contribution < -0.4 is 10.6 Å². The summed E-state index contributed by atoms with van der Waals surface area (Å²) >= 11 is 0. The molecular weight excluding hydrogens is 228 g/mol. The lowest BCUT2D eigenvalue weighted by atomic mass is 10.2. The van der Waals surface area contributed by atoms with Crippen LogP contribution in [-0.2, 0) is 9.53 Å². The van der Waals surface area contributed by atoms with Crippen molar-refractivity contribution in [1.29, 1.82) is 0 Å². The molecule has 1 unspecified atom stereocenters. The van der Waals surface area contributed by atoms with Crippen molar-refractivity contribution in [1.82, 2.24) is 10.6 Å². The summed E-state index contributed by atoms with van der Waals surface area (Å²) in [5, 5.41) is 22.0. The first-order chi connectivity index (χ1) is 7.61. The molecule has 0 aromatic heterocycles. The fraction of sp³-hybridized carbons (Fsp3) is 0.600. The molecule has 0 saturated carbocycles. The van der Waals surface area contributed by atoms with E-state index in [1.807, 2.05) is 0 Å². The van der Waals surface area contributed by atoms with Gasteiger partial charge in [-0.25, -0.2) is 9.59 Å². The SMILES string of the molecule is C=C(NCC(O)C(=O)O)NC(=O)OC(C)(C)C. The normalized spacial score (nSPS) is 12.5. The average Bonchev–Trinajstić information content (AvgIpc) is 2.10. The summed E-state index contributed by atoms with van der Waals surface area (Å²) in [7, 11) is 0. The van der Waals surface area contributed by atoms with Gasteiger partial charge in [-0.05, 0) is 20.8 Å². The number of hydrogen-bond donors (Lipinski definition) is 4. The number of ether oxygens (including phenoxy) is 1. The molecule has 0 spiro atoms. The van der Waals surface area contributed by atoms with Crippen molar-refractivity contribution in [3.05, 3.63) is 12.4 Å². The van der Waals surface area contributed by atoms with Crippen LogP contribution in [0.25, 0.3) is 0 Å². The Bertz CT molecular complexity index is 308. The zero-order valence-electron chi connectivity index (χ0n) is 10.1. The van der Waals surface area contributed by atoms with E-state index in [0.717, 1.165) is 0 Å². The van der Waals surface area contributed by atoms with Gasteiger partial charge in [-0.3, -0.25) is 5.32 Å². The molecule has 17 heavy (non-hydrogen) atoms.